The van der Waals surface area contributed by atoms with Gasteiger partial charge in [-0.1, -0.05) is 5.57 Å². The van der Waals surface area contributed by atoms with Crippen LogP contribution in [0.1, 0.15) is 27.2 Å². The van der Waals surface area contributed by atoms with Crippen LogP contribution in [0.2, 0.25) is 0 Å². The van der Waals surface area contributed by atoms with Crippen molar-refractivity contribution in [3.05, 3.63) is 12.2 Å². The van der Waals surface area contributed by atoms with Crippen LogP contribution < -0.4 is 11.3 Å². The fourth-order valence-corrected chi connectivity index (χ4v) is 2.08. The van der Waals surface area contributed by atoms with Gasteiger partial charge in [-0.05, 0) is 27.2 Å². The standard InChI is InChI=1S/C12H25N3O/c1-9(2)7-11(14-13)12-8-15(10(3)4)5-6-16-12/h10-12,14H,1,5-8,13H2,2-4H3. The van der Waals surface area contributed by atoms with Crippen LogP contribution in [0.25, 0.3) is 0 Å². The van der Waals surface area contributed by atoms with Crippen LogP contribution in [0.15, 0.2) is 12.2 Å². The van der Waals surface area contributed by atoms with Crippen LogP contribution in [0.3, 0.4) is 0 Å². The Bertz CT molecular complexity index is 230. The van der Waals surface area contributed by atoms with Gasteiger partial charge in [-0.25, -0.2) is 0 Å². The zero-order valence-corrected chi connectivity index (χ0v) is 10.7. The first-order valence-electron chi connectivity index (χ1n) is 6.00. The Hall–Kier alpha value is -0.420. The number of rotatable bonds is 5. The summed E-state index contributed by atoms with van der Waals surface area (Å²) in [6, 6.07) is 0.730. The number of ether oxygens (including phenoxy) is 1. The van der Waals surface area contributed by atoms with E-state index in [0.717, 1.165) is 31.7 Å². The molecule has 0 aromatic heterocycles. The van der Waals surface area contributed by atoms with Gasteiger partial charge in [0.2, 0.25) is 0 Å². The van der Waals surface area contributed by atoms with E-state index in [1.165, 1.54) is 0 Å². The molecule has 0 aromatic carbocycles. The van der Waals surface area contributed by atoms with Crippen LogP contribution in [-0.2, 0) is 4.74 Å². The summed E-state index contributed by atoms with van der Waals surface area (Å²) < 4.78 is 5.79. The molecule has 4 heteroatoms. The van der Waals surface area contributed by atoms with E-state index in [9.17, 15) is 0 Å². The molecule has 0 bridgehead atoms. The molecular weight excluding hydrogens is 202 g/mol. The number of nitrogens with one attached hydrogen (secondary N) is 1. The third-order valence-corrected chi connectivity index (χ3v) is 3.09. The Kier molecular flexibility index (Phi) is 5.41. The lowest BCUT2D eigenvalue weighted by Gasteiger charge is -2.38. The lowest BCUT2D eigenvalue weighted by molar-refractivity contribution is -0.0552. The molecule has 1 heterocycles. The Morgan fingerprint density at radius 1 is 1.62 bits per heavy atom. The summed E-state index contributed by atoms with van der Waals surface area (Å²) in [5.41, 5.74) is 3.98. The van der Waals surface area contributed by atoms with Crippen molar-refractivity contribution >= 4 is 0 Å². The molecule has 0 aliphatic carbocycles. The van der Waals surface area contributed by atoms with E-state index < -0.39 is 0 Å². The molecule has 1 aliphatic heterocycles. The van der Waals surface area contributed by atoms with Crippen LogP contribution in [-0.4, -0.2) is 42.8 Å². The molecule has 0 aromatic rings. The molecule has 0 amide bonds. The van der Waals surface area contributed by atoms with Gasteiger partial charge in [-0.3, -0.25) is 16.2 Å². The average Bonchev–Trinajstić information content (AvgIpc) is 2.25. The van der Waals surface area contributed by atoms with Gasteiger partial charge in [-0.2, -0.15) is 0 Å². The van der Waals surface area contributed by atoms with Gasteiger partial charge in [0.15, 0.2) is 0 Å². The average molecular weight is 227 g/mol. The van der Waals surface area contributed by atoms with Crippen LogP contribution in [0.4, 0.5) is 0 Å². The molecular formula is C12H25N3O. The van der Waals surface area contributed by atoms with Crippen molar-refractivity contribution in [2.24, 2.45) is 5.84 Å². The van der Waals surface area contributed by atoms with E-state index in [1.807, 2.05) is 6.92 Å². The minimum absolute atomic E-state index is 0.165. The Morgan fingerprint density at radius 3 is 2.81 bits per heavy atom. The molecule has 1 fully saturated rings. The number of hydrazine groups is 1. The maximum Gasteiger partial charge on any atom is 0.0871 e. The zero-order valence-electron chi connectivity index (χ0n) is 10.7. The molecule has 1 aliphatic rings. The predicted octanol–water partition coefficient (Wildman–Crippen LogP) is 0.894. The van der Waals surface area contributed by atoms with Gasteiger partial charge in [0.1, 0.15) is 0 Å². The van der Waals surface area contributed by atoms with Crippen molar-refractivity contribution in [3.63, 3.8) is 0 Å². The molecule has 2 unspecified atom stereocenters. The van der Waals surface area contributed by atoms with Crippen molar-refractivity contribution in [3.8, 4) is 0 Å². The minimum atomic E-state index is 0.165. The first-order chi connectivity index (χ1) is 7.54. The molecule has 0 radical (unpaired) electrons. The van der Waals surface area contributed by atoms with E-state index in [-0.39, 0.29) is 12.1 Å². The Morgan fingerprint density at radius 2 is 2.31 bits per heavy atom. The summed E-state index contributed by atoms with van der Waals surface area (Å²) in [5.74, 6) is 5.58. The topological polar surface area (TPSA) is 50.5 Å². The molecule has 0 saturated carbocycles. The lowest BCUT2D eigenvalue weighted by atomic mass is 10.0. The van der Waals surface area contributed by atoms with E-state index in [4.69, 9.17) is 10.6 Å². The van der Waals surface area contributed by atoms with E-state index in [0.29, 0.717) is 6.04 Å². The molecule has 1 rings (SSSR count). The van der Waals surface area contributed by atoms with Crippen molar-refractivity contribution in [1.29, 1.82) is 0 Å². The summed E-state index contributed by atoms with van der Waals surface area (Å²) >= 11 is 0. The first kappa shape index (κ1) is 13.6. The highest BCUT2D eigenvalue weighted by Crippen LogP contribution is 2.15. The molecule has 0 spiro atoms. The van der Waals surface area contributed by atoms with Crippen molar-refractivity contribution < 1.29 is 4.74 Å². The normalized spacial score (nSPS) is 24.7. The number of nitrogens with zero attached hydrogens (tertiary/aromatic N) is 1. The Balaban J connectivity index is 2.53. The molecule has 16 heavy (non-hydrogen) atoms. The van der Waals surface area contributed by atoms with Gasteiger partial charge in [-0.15, -0.1) is 6.58 Å². The van der Waals surface area contributed by atoms with E-state index in [2.05, 4.69) is 30.8 Å². The van der Waals surface area contributed by atoms with Crippen molar-refractivity contribution in [2.75, 3.05) is 19.7 Å². The van der Waals surface area contributed by atoms with E-state index >= 15 is 0 Å². The lowest BCUT2D eigenvalue weighted by Crippen LogP contribution is -2.55. The van der Waals surface area contributed by atoms with Crippen LogP contribution >= 0.6 is 0 Å². The molecule has 2 atom stereocenters. The zero-order chi connectivity index (χ0) is 12.1. The SMILES string of the molecule is C=C(C)CC(NN)C1CN(C(C)C)CCO1. The summed E-state index contributed by atoms with van der Waals surface area (Å²) in [5, 5.41) is 0. The van der Waals surface area contributed by atoms with Crippen molar-refractivity contribution in [2.45, 2.75) is 45.4 Å². The maximum atomic E-state index is 5.79. The second kappa shape index (κ2) is 6.35. The van der Waals surface area contributed by atoms with Crippen molar-refractivity contribution in [1.82, 2.24) is 10.3 Å². The van der Waals surface area contributed by atoms with Gasteiger partial charge < -0.3 is 4.74 Å². The first-order valence-corrected chi connectivity index (χ1v) is 6.00. The number of hydrogen-bond donors (Lipinski definition) is 2. The highest BCUT2D eigenvalue weighted by molar-refractivity contribution is 4.96. The summed E-state index contributed by atoms with van der Waals surface area (Å²) in [4.78, 5) is 2.43. The second-order valence-electron chi connectivity index (χ2n) is 4.93. The predicted molar refractivity (Wildman–Crippen MR) is 67.0 cm³/mol. The second-order valence-corrected chi connectivity index (χ2v) is 4.93. The summed E-state index contributed by atoms with van der Waals surface area (Å²) in [6.07, 6.45) is 1.03. The largest absolute Gasteiger partial charge is 0.374 e. The van der Waals surface area contributed by atoms with Crippen LogP contribution in [0.5, 0.6) is 0 Å². The summed E-state index contributed by atoms with van der Waals surface area (Å²) in [7, 11) is 0. The fraction of sp³-hybridized carbons (Fsp3) is 0.833. The molecule has 3 N–H and O–H groups in total. The number of hydrogen-bond acceptors (Lipinski definition) is 4. The van der Waals surface area contributed by atoms with Gasteiger partial charge in [0, 0.05) is 19.1 Å². The maximum absolute atomic E-state index is 5.79. The summed E-state index contributed by atoms with van der Waals surface area (Å²) in [6.45, 7) is 13.1. The van der Waals surface area contributed by atoms with Gasteiger partial charge in [0.05, 0.1) is 18.8 Å². The van der Waals surface area contributed by atoms with Crippen LogP contribution in [0, 0.1) is 0 Å². The number of nitrogens with two attached hydrogens (primary N) is 1. The third-order valence-electron chi connectivity index (χ3n) is 3.09. The van der Waals surface area contributed by atoms with Gasteiger partial charge in [0.25, 0.3) is 0 Å². The molecule has 4 nitrogen and oxygen atoms in total. The number of morpholine rings is 1. The monoisotopic (exact) mass is 227 g/mol. The quantitative estimate of drug-likeness (QED) is 0.416. The van der Waals surface area contributed by atoms with E-state index in [1.54, 1.807) is 0 Å². The highest BCUT2D eigenvalue weighted by Gasteiger charge is 2.28. The highest BCUT2D eigenvalue weighted by atomic mass is 16.5. The molecule has 1 saturated heterocycles. The minimum Gasteiger partial charge on any atom is -0.374 e. The smallest absolute Gasteiger partial charge is 0.0871 e. The molecule has 94 valence electrons. The van der Waals surface area contributed by atoms with Gasteiger partial charge >= 0.3 is 0 Å². The third kappa shape index (κ3) is 3.87. The Labute approximate surface area is 98.8 Å². The fourth-order valence-electron chi connectivity index (χ4n) is 2.08.